The van der Waals surface area contributed by atoms with E-state index in [1.165, 1.54) is 0 Å². The van der Waals surface area contributed by atoms with Crippen molar-refractivity contribution in [3.63, 3.8) is 0 Å². The molecule has 0 aliphatic rings. The highest BCUT2D eigenvalue weighted by atomic mass is 15.3. The van der Waals surface area contributed by atoms with E-state index in [0.29, 0.717) is 11.9 Å². The largest absolute Gasteiger partial charge is 0.309 e. The molecule has 0 aliphatic carbocycles. The van der Waals surface area contributed by atoms with Crippen molar-refractivity contribution >= 4 is 17.4 Å². The molecule has 0 bridgehead atoms. The number of aromatic nitrogens is 9. The first-order valence-electron chi connectivity index (χ1n) is 10.4. The third-order valence-corrected chi connectivity index (χ3v) is 5.33. The van der Waals surface area contributed by atoms with Crippen LogP contribution >= 0.6 is 0 Å². The van der Waals surface area contributed by atoms with Crippen LogP contribution in [0.1, 0.15) is 19.5 Å². The first-order valence-corrected chi connectivity index (χ1v) is 10.4. The lowest BCUT2D eigenvalue weighted by Gasteiger charge is -2.09. The molecule has 162 valence electrons. The van der Waals surface area contributed by atoms with Crippen LogP contribution in [0.25, 0.3) is 28.3 Å². The monoisotopic (exact) mass is 428 g/mol. The molecule has 5 rings (SSSR count). The molecule has 10 nitrogen and oxygen atoms in total. The standard InChI is InChI=1S/C22H24N10/c1-14(2)11-18-16(13-25-30(18)3)21-29-28-20-12-15(7-10-32(20)21)17-5-8-23-22(26-17)27-19-6-9-24-31(19)4/h5-10,12-14H,11H2,1-4H3,(H,23,26,27). The van der Waals surface area contributed by atoms with E-state index in [1.807, 2.05) is 59.8 Å². The first-order chi connectivity index (χ1) is 15.5. The highest BCUT2D eigenvalue weighted by molar-refractivity contribution is 5.68. The van der Waals surface area contributed by atoms with Gasteiger partial charge < -0.3 is 5.32 Å². The Morgan fingerprint density at radius 3 is 2.66 bits per heavy atom. The van der Waals surface area contributed by atoms with Gasteiger partial charge in [0.15, 0.2) is 11.5 Å². The zero-order valence-electron chi connectivity index (χ0n) is 18.4. The maximum Gasteiger partial charge on any atom is 0.228 e. The van der Waals surface area contributed by atoms with E-state index in [9.17, 15) is 0 Å². The minimum Gasteiger partial charge on any atom is -0.309 e. The number of hydrogen-bond acceptors (Lipinski definition) is 7. The van der Waals surface area contributed by atoms with Gasteiger partial charge in [-0.1, -0.05) is 13.8 Å². The summed E-state index contributed by atoms with van der Waals surface area (Å²) < 4.78 is 5.63. The summed E-state index contributed by atoms with van der Waals surface area (Å²) in [4.78, 5) is 8.96. The van der Waals surface area contributed by atoms with E-state index in [1.54, 1.807) is 17.1 Å². The van der Waals surface area contributed by atoms with Crippen LogP contribution in [0.3, 0.4) is 0 Å². The fourth-order valence-electron chi connectivity index (χ4n) is 3.70. The normalized spacial score (nSPS) is 11.5. The Balaban J connectivity index is 1.49. The Morgan fingerprint density at radius 1 is 1.00 bits per heavy atom. The molecule has 5 aromatic heterocycles. The number of anilines is 2. The first kappa shape index (κ1) is 19.9. The van der Waals surface area contributed by atoms with Gasteiger partial charge >= 0.3 is 0 Å². The average molecular weight is 429 g/mol. The van der Waals surface area contributed by atoms with Crippen molar-refractivity contribution in [2.45, 2.75) is 20.3 Å². The van der Waals surface area contributed by atoms with Crippen molar-refractivity contribution in [2.75, 3.05) is 5.32 Å². The van der Waals surface area contributed by atoms with E-state index < -0.39 is 0 Å². The van der Waals surface area contributed by atoms with E-state index in [-0.39, 0.29) is 0 Å². The summed E-state index contributed by atoms with van der Waals surface area (Å²) in [6, 6.07) is 7.73. The average Bonchev–Trinajstić information content (AvgIpc) is 3.47. The van der Waals surface area contributed by atoms with Crippen LogP contribution in [0.15, 0.2) is 49.1 Å². The maximum atomic E-state index is 4.65. The smallest absolute Gasteiger partial charge is 0.228 e. The summed E-state index contributed by atoms with van der Waals surface area (Å²) in [6.07, 6.45) is 8.21. The number of pyridine rings is 1. The van der Waals surface area contributed by atoms with Crippen LogP contribution in [-0.2, 0) is 20.5 Å². The molecule has 1 N–H and O–H groups in total. The minimum atomic E-state index is 0.502. The predicted molar refractivity (Wildman–Crippen MR) is 121 cm³/mol. The summed E-state index contributed by atoms with van der Waals surface area (Å²) in [6.45, 7) is 4.40. The summed E-state index contributed by atoms with van der Waals surface area (Å²) in [5.41, 5.74) is 4.63. The van der Waals surface area contributed by atoms with E-state index in [0.717, 1.165) is 46.2 Å². The third-order valence-electron chi connectivity index (χ3n) is 5.33. The van der Waals surface area contributed by atoms with E-state index in [4.69, 9.17) is 0 Å². The van der Waals surface area contributed by atoms with Crippen LogP contribution in [0.2, 0.25) is 0 Å². The van der Waals surface area contributed by atoms with E-state index in [2.05, 4.69) is 49.5 Å². The van der Waals surface area contributed by atoms with Gasteiger partial charge in [0.2, 0.25) is 5.95 Å². The van der Waals surface area contributed by atoms with Crippen molar-refractivity contribution < 1.29 is 0 Å². The van der Waals surface area contributed by atoms with Gasteiger partial charge in [-0.3, -0.25) is 13.8 Å². The Hall–Kier alpha value is -4.08. The van der Waals surface area contributed by atoms with Gasteiger partial charge in [-0.25, -0.2) is 9.97 Å². The van der Waals surface area contributed by atoms with E-state index >= 15 is 0 Å². The summed E-state index contributed by atoms with van der Waals surface area (Å²) in [5.74, 6) is 2.62. The maximum absolute atomic E-state index is 4.65. The summed E-state index contributed by atoms with van der Waals surface area (Å²) in [7, 11) is 3.83. The molecule has 5 heterocycles. The molecule has 32 heavy (non-hydrogen) atoms. The summed E-state index contributed by atoms with van der Waals surface area (Å²) in [5, 5.41) is 20.7. The quantitative estimate of drug-likeness (QED) is 0.443. The molecular weight excluding hydrogens is 404 g/mol. The van der Waals surface area contributed by atoms with Crippen LogP contribution in [0.5, 0.6) is 0 Å². The molecule has 0 saturated carbocycles. The fourth-order valence-corrected chi connectivity index (χ4v) is 3.70. The molecule has 0 aliphatic heterocycles. The van der Waals surface area contributed by atoms with Gasteiger partial charge in [-0.2, -0.15) is 10.2 Å². The van der Waals surface area contributed by atoms with Gasteiger partial charge in [-0.15, -0.1) is 10.2 Å². The second-order valence-electron chi connectivity index (χ2n) is 8.12. The van der Waals surface area contributed by atoms with Gasteiger partial charge in [0.1, 0.15) is 5.82 Å². The number of aryl methyl sites for hydroxylation is 2. The number of rotatable bonds is 6. The van der Waals surface area contributed by atoms with Crippen molar-refractivity contribution in [3.05, 3.63) is 54.7 Å². The Bertz CT molecular complexity index is 1390. The fraction of sp³-hybridized carbons (Fsp3) is 0.273. The second kappa shape index (κ2) is 7.88. The molecule has 0 unspecified atom stereocenters. The van der Waals surface area contributed by atoms with Crippen molar-refractivity contribution in [1.29, 1.82) is 0 Å². The number of hydrogen-bond donors (Lipinski definition) is 1. The topological polar surface area (TPSA) is 104 Å². The molecule has 0 fully saturated rings. The highest BCUT2D eigenvalue weighted by Crippen LogP contribution is 2.26. The van der Waals surface area contributed by atoms with Crippen LogP contribution in [-0.4, -0.2) is 44.1 Å². The van der Waals surface area contributed by atoms with Gasteiger partial charge in [-0.05, 0) is 30.5 Å². The molecule has 0 radical (unpaired) electrons. The van der Waals surface area contributed by atoms with Crippen molar-refractivity contribution in [3.8, 4) is 22.6 Å². The lowest BCUT2D eigenvalue weighted by atomic mass is 10.0. The zero-order chi connectivity index (χ0) is 22.2. The predicted octanol–water partition coefficient (Wildman–Crippen LogP) is 3.26. The summed E-state index contributed by atoms with van der Waals surface area (Å²) >= 11 is 0. The second-order valence-corrected chi connectivity index (χ2v) is 8.12. The zero-order valence-corrected chi connectivity index (χ0v) is 18.4. The minimum absolute atomic E-state index is 0.502. The molecule has 0 amide bonds. The highest BCUT2D eigenvalue weighted by Gasteiger charge is 2.18. The molecule has 0 aromatic carbocycles. The molecule has 0 saturated heterocycles. The van der Waals surface area contributed by atoms with Crippen LogP contribution < -0.4 is 5.32 Å². The molecule has 5 aromatic rings. The lowest BCUT2D eigenvalue weighted by Crippen LogP contribution is -2.04. The van der Waals surface area contributed by atoms with Crippen molar-refractivity contribution in [1.82, 2.24) is 44.1 Å². The molecular formula is C22H24N10. The number of fused-ring (bicyclic) bond motifs is 1. The van der Waals surface area contributed by atoms with Crippen LogP contribution in [0, 0.1) is 5.92 Å². The third kappa shape index (κ3) is 3.59. The molecule has 0 spiro atoms. The number of nitrogens with one attached hydrogen (secondary N) is 1. The molecule has 10 heteroatoms. The van der Waals surface area contributed by atoms with Gasteiger partial charge in [0.25, 0.3) is 0 Å². The SMILES string of the molecule is CC(C)Cc1c(-c2nnc3cc(-c4ccnc(Nc5ccnn5C)n4)ccn23)cnn1C. The Morgan fingerprint density at radius 2 is 1.88 bits per heavy atom. The molecule has 0 atom stereocenters. The Labute approximate surface area is 185 Å². The van der Waals surface area contributed by atoms with Gasteiger partial charge in [0.05, 0.1) is 23.7 Å². The Kier molecular flexibility index (Phi) is 4.89. The number of nitrogens with zero attached hydrogens (tertiary/aromatic N) is 9. The van der Waals surface area contributed by atoms with Gasteiger partial charge in [0, 0.05) is 43.8 Å². The van der Waals surface area contributed by atoms with Crippen LogP contribution in [0.4, 0.5) is 11.8 Å². The lowest BCUT2D eigenvalue weighted by molar-refractivity contribution is 0.596. The van der Waals surface area contributed by atoms with Crippen molar-refractivity contribution in [2.24, 2.45) is 20.0 Å².